The van der Waals surface area contributed by atoms with Crippen molar-refractivity contribution in [2.24, 2.45) is 0 Å². The number of halogens is 2. The lowest BCUT2D eigenvalue weighted by Crippen LogP contribution is -2.01. The Bertz CT molecular complexity index is 785. The highest BCUT2D eigenvalue weighted by Crippen LogP contribution is 2.25. The fraction of sp³-hybridized carbons (Fsp3) is 0.133. The highest BCUT2D eigenvalue weighted by atomic mass is 35.5. The van der Waals surface area contributed by atoms with Gasteiger partial charge in [0.1, 0.15) is 12.9 Å². The minimum Gasteiger partial charge on any atom is -0.486 e. The van der Waals surface area contributed by atoms with Gasteiger partial charge in [0.25, 0.3) is 0 Å². The van der Waals surface area contributed by atoms with Crippen LogP contribution in [0.3, 0.4) is 0 Å². The predicted octanol–water partition coefficient (Wildman–Crippen LogP) is 3.04. The zero-order valence-electron chi connectivity index (χ0n) is 11.9. The molecule has 0 amide bonds. The Kier molecular flexibility index (Phi) is 4.76. The molecule has 0 aliphatic rings. The Balaban J connectivity index is 1.70. The maximum Gasteiger partial charge on any atom is 0.235 e. The van der Waals surface area contributed by atoms with Crippen LogP contribution in [0.15, 0.2) is 43.1 Å². The van der Waals surface area contributed by atoms with Crippen LogP contribution >= 0.6 is 23.2 Å². The van der Waals surface area contributed by atoms with Crippen molar-refractivity contribution in [3.05, 3.63) is 64.4 Å². The largest absolute Gasteiger partial charge is 0.486 e. The molecule has 0 radical (unpaired) electrons. The third-order valence-electron chi connectivity index (χ3n) is 3.09. The number of aliphatic hydroxyl groups excluding tert-OH is 1. The molecule has 0 saturated carbocycles. The lowest BCUT2D eigenvalue weighted by Gasteiger charge is -2.09. The maximum absolute atomic E-state index is 9.01. The summed E-state index contributed by atoms with van der Waals surface area (Å²) in [7, 11) is 0. The van der Waals surface area contributed by atoms with Crippen LogP contribution < -0.4 is 4.74 Å². The second-order valence-corrected chi connectivity index (χ2v) is 5.45. The van der Waals surface area contributed by atoms with E-state index < -0.39 is 0 Å². The number of aromatic nitrogens is 4. The Labute approximate surface area is 142 Å². The first kappa shape index (κ1) is 15.7. The molecule has 8 heteroatoms. The molecule has 0 spiro atoms. The highest BCUT2D eigenvalue weighted by molar-refractivity contribution is 6.35. The van der Waals surface area contributed by atoms with Crippen LogP contribution in [0.25, 0.3) is 5.95 Å². The second kappa shape index (κ2) is 6.95. The van der Waals surface area contributed by atoms with Gasteiger partial charge in [-0.3, -0.25) is 4.57 Å². The highest BCUT2D eigenvalue weighted by Gasteiger charge is 2.07. The molecular formula is C15H12Cl2N4O2. The Morgan fingerprint density at radius 3 is 2.39 bits per heavy atom. The van der Waals surface area contributed by atoms with Crippen LogP contribution in [0.5, 0.6) is 5.75 Å². The zero-order chi connectivity index (χ0) is 16.2. The summed E-state index contributed by atoms with van der Waals surface area (Å²) in [5.74, 6) is 0.924. The fourth-order valence-corrected chi connectivity index (χ4v) is 2.40. The van der Waals surface area contributed by atoms with Crippen molar-refractivity contribution in [2.45, 2.75) is 13.2 Å². The normalized spacial score (nSPS) is 10.7. The Morgan fingerprint density at radius 1 is 1.09 bits per heavy atom. The first-order valence-corrected chi connectivity index (χ1v) is 7.45. The van der Waals surface area contributed by atoms with Crippen LogP contribution in [0, 0.1) is 0 Å². The molecule has 0 aliphatic carbocycles. The number of nitrogens with zero attached hydrogens (tertiary/aromatic N) is 4. The second-order valence-electron chi connectivity index (χ2n) is 4.64. The van der Waals surface area contributed by atoms with Gasteiger partial charge < -0.3 is 9.84 Å². The average Bonchev–Trinajstić information content (AvgIpc) is 3.04. The van der Waals surface area contributed by atoms with E-state index >= 15 is 0 Å². The van der Waals surface area contributed by atoms with Crippen LogP contribution in [0.4, 0.5) is 0 Å². The van der Waals surface area contributed by atoms with Crippen LogP contribution in [0.2, 0.25) is 10.0 Å². The van der Waals surface area contributed by atoms with E-state index in [1.54, 1.807) is 41.4 Å². The van der Waals surface area contributed by atoms with E-state index in [0.29, 0.717) is 33.0 Å². The molecule has 0 fully saturated rings. The van der Waals surface area contributed by atoms with E-state index in [4.69, 9.17) is 33.0 Å². The molecule has 3 rings (SSSR count). The Morgan fingerprint density at radius 2 is 1.78 bits per heavy atom. The first-order chi connectivity index (χ1) is 11.2. The molecule has 2 aromatic heterocycles. The van der Waals surface area contributed by atoms with Crippen LogP contribution in [-0.4, -0.2) is 24.6 Å². The number of hydrogen-bond acceptors (Lipinski definition) is 5. The molecule has 23 heavy (non-hydrogen) atoms. The number of imidazole rings is 1. The molecule has 0 saturated heterocycles. The van der Waals surface area contributed by atoms with Gasteiger partial charge in [0.15, 0.2) is 5.75 Å². The van der Waals surface area contributed by atoms with Gasteiger partial charge in [0.2, 0.25) is 5.95 Å². The van der Waals surface area contributed by atoms with Gasteiger partial charge in [-0.1, -0.05) is 29.3 Å². The third kappa shape index (κ3) is 3.61. The van der Waals surface area contributed by atoms with Crippen molar-refractivity contribution in [2.75, 3.05) is 0 Å². The molecule has 2 heterocycles. The SMILES string of the molecule is OCc1cn(-c2ncc(OCc3c(Cl)cccc3Cl)cn2)cn1. The van der Waals surface area contributed by atoms with Gasteiger partial charge in [-0.15, -0.1) is 0 Å². The van der Waals surface area contributed by atoms with Crippen molar-refractivity contribution in [1.29, 1.82) is 0 Å². The van der Waals surface area contributed by atoms with Gasteiger partial charge >= 0.3 is 0 Å². The minimum atomic E-state index is -0.132. The third-order valence-corrected chi connectivity index (χ3v) is 3.80. The predicted molar refractivity (Wildman–Crippen MR) is 85.9 cm³/mol. The molecular weight excluding hydrogens is 339 g/mol. The lowest BCUT2D eigenvalue weighted by atomic mass is 10.2. The fourth-order valence-electron chi connectivity index (χ4n) is 1.90. The number of aliphatic hydroxyl groups is 1. The molecule has 0 bridgehead atoms. The van der Waals surface area contributed by atoms with E-state index in [1.165, 1.54) is 6.33 Å². The summed E-state index contributed by atoms with van der Waals surface area (Å²) >= 11 is 12.2. The molecule has 0 aliphatic heterocycles. The maximum atomic E-state index is 9.01. The van der Waals surface area contributed by atoms with Crippen molar-refractivity contribution in [3.63, 3.8) is 0 Å². The van der Waals surface area contributed by atoms with Crippen molar-refractivity contribution in [1.82, 2.24) is 19.5 Å². The summed E-state index contributed by atoms with van der Waals surface area (Å²) in [5.41, 5.74) is 1.25. The van der Waals surface area contributed by atoms with Gasteiger partial charge in [-0.25, -0.2) is 15.0 Å². The monoisotopic (exact) mass is 350 g/mol. The Hall–Kier alpha value is -2.15. The van der Waals surface area contributed by atoms with Gasteiger partial charge in [-0.2, -0.15) is 0 Å². The zero-order valence-corrected chi connectivity index (χ0v) is 13.4. The van der Waals surface area contributed by atoms with Gasteiger partial charge in [0.05, 0.1) is 24.7 Å². The van der Waals surface area contributed by atoms with Gasteiger partial charge in [-0.05, 0) is 12.1 Å². The van der Waals surface area contributed by atoms with Crippen molar-refractivity contribution in [3.8, 4) is 11.7 Å². The molecule has 1 N–H and O–H groups in total. The van der Waals surface area contributed by atoms with Crippen molar-refractivity contribution >= 4 is 23.2 Å². The van der Waals surface area contributed by atoms with Crippen molar-refractivity contribution < 1.29 is 9.84 Å². The average molecular weight is 351 g/mol. The molecule has 0 atom stereocenters. The number of hydrogen-bond donors (Lipinski definition) is 1. The summed E-state index contributed by atoms with van der Waals surface area (Å²) in [6.45, 7) is 0.0910. The summed E-state index contributed by atoms with van der Waals surface area (Å²) in [5, 5.41) is 10.1. The smallest absolute Gasteiger partial charge is 0.235 e. The molecule has 3 aromatic rings. The first-order valence-electron chi connectivity index (χ1n) is 6.69. The number of rotatable bonds is 5. The van der Waals surface area contributed by atoms with Crippen LogP contribution in [0.1, 0.15) is 11.3 Å². The molecule has 118 valence electrons. The van der Waals surface area contributed by atoms with Gasteiger partial charge in [0, 0.05) is 21.8 Å². The minimum absolute atomic E-state index is 0.132. The molecule has 6 nitrogen and oxygen atoms in total. The van der Waals surface area contributed by atoms with E-state index in [9.17, 15) is 0 Å². The van der Waals surface area contributed by atoms with E-state index in [0.717, 1.165) is 0 Å². The summed E-state index contributed by atoms with van der Waals surface area (Å²) in [4.78, 5) is 12.4. The summed E-state index contributed by atoms with van der Waals surface area (Å²) in [6.07, 6.45) is 6.28. The quantitative estimate of drug-likeness (QED) is 0.765. The number of ether oxygens (including phenoxy) is 1. The summed E-state index contributed by atoms with van der Waals surface area (Å²) < 4.78 is 7.22. The van der Waals surface area contributed by atoms with E-state index in [1.807, 2.05) is 0 Å². The topological polar surface area (TPSA) is 73.1 Å². The summed E-state index contributed by atoms with van der Waals surface area (Å²) in [6, 6.07) is 5.28. The lowest BCUT2D eigenvalue weighted by molar-refractivity contribution is 0.277. The standard InChI is InChI=1S/C15H12Cl2N4O2/c16-13-2-1-3-14(17)12(13)8-23-11-4-18-15(19-5-11)21-6-10(7-22)20-9-21/h1-6,9,22H,7-8H2. The van der Waals surface area contributed by atoms with Crippen LogP contribution in [-0.2, 0) is 13.2 Å². The molecule has 0 unspecified atom stereocenters. The van der Waals surface area contributed by atoms with E-state index in [2.05, 4.69) is 15.0 Å². The number of benzene rings is 1. The molecule has 1 aromatic carbocycles. The van der Waals surface area contributed by atoms with E-state index in [-0.39, 0.29) is 13.2 Å².